The van der Waals surface area contributed by atoms with Crippen LogP contribution >= 0.6 is 0 Å². The Balaban J connectivity index is 3.42. The molecule has 126 valence electrons. The van der Waals surface area contributed by atoms with Crippen LogP contribution in [0, 0.1) is 5.82 Å². The third-order valence-corrected chi connectivity index (χ3v) is 3.86. The SMILES string of the molecule is [B]Cc1cc(OC(CS(=O)(=O)O)C(F)(F)F)c(C[B])c(C[B])c1F. The molecule has 0 saturated heterocycles. The second kappa shape index (κ2) is 7.82. The summed E-state index contributed by atoms with van der Waals surface area (Å²) in [5.41, 5.74) is -0.490. The maximum Gasteiger partial charge on any atom is 0.426 e. The summed E-state index contributed by atoms with van der Waals surface area (Å²) in [7, 11) is 11.1. The molecule has 0 aliphatic rings. The van der Waals surface area contributed by atoms with Gasteiger partial charge in [-0.05, 0) is 22.8 Å². The van der Waals surface area contributed by atoms with Crippen LogP contribution in [-0.4, -0.2) is 54.5 Å². The Kier molecular flexibility index (Phi) is 6.80. The number of rotatable bonds is 7. The van der Waals surface area contributed by atoms with Gasteiger partial charge in [0.1, 0.15) is 17.3 Å². The van der Waals surface area contributed by atoms with E-state index in [1.165, 1.54) is 0 Å². The Morgan fingerprint density at radius 1 is 1.12 bits per heavy atom. The van der Waals surface area contributed by atoms with Gasteiger partial charge in [-0.3, -0.25) is 4.55 Å². The Morgan fingerprint density at radius 2 is 1.67 bits per heavy atom. The Hall–Kier alpha value is -1.16. The van der Waals surface area contributed by atoms with E-state index in [1.807, 2.05) is 0 Å². The van der Waals surface area contributed by atoms with Crippen molar-refractivity contribution in [2.24, 2.45) is 0 Å². The van der Waals surface area contributed by atoms with Gasteiger partial charge in [0.15, 0.2) is 0 Å². The molecule has 24 heavy (non-hydrogen) atoms. The molecular formula is C12H11B3F4O4S. The standard InChI is InChI=1S/C12H11B3F4O4S/c13-2-6-1-9(7(3-14)8(4-15)11(6)16)23-10(12(17,18)19)5-24(20,21)22/h1,10H,2-5H2,(H,20,21,22). The van der Waals surface area contributed by atoms with Crippen LogP contribution in [-0.2, 0) is 29.1 Å². The number of alkyl halides is 3. The van der Waals surface area contributed by atoms with Crippen LogP contribution in [0.15, 0.2) is 6.07 Å². The quantitative estimate of drug-likeness (QED) is 0.449. The van der Waals surface area contributed by atoms with Gasteiger partial charge in [0, 0.05) is 0 Å². The summed E-state index contributed by atoms with van der Waals surface area (Å²) in [6, 6.07) is 0.902. The first-order valence-corrected chi connectivity index (χ1v) is 8.17. The molecule has 0 spiro atoms. The molecule has 1 unspecified atom stereocenters. The fraction of sp³-hybridized carbons (Fsp3) is 0.500. The van der Waals surface area contributed by atoms with E-state index in [1.54, 1.807) is 0 Å². The zero-order valence-corrected chi connectivity index (χ0v) is 13.1. The molecular weight excluding hydrogens is 349 g/mol. The molecule has 0 bridgehead atoms. The fourth-order valence-corrected chi connectivity index (χ4v) is 2.65. The van der Waals surface area contributed by atoms with Crippen molar-refractivity contribution in [1.29, 1.82) is 0 Å². The largest absolute Gasteiger partial charge is 0.479 e. The summed E-state index contributed by atoms with van der Waals surface area (Å²) < 4.78 is 87.9. The zero-order chi connectivity index (χ0) is 18.7. The highest BCUT2D eigenvalue weighted by Crippen LogP contribution is 2.33. The summed E-state index contributed by atoms with van der Waals surface area (Å²) in [5.74, 6) is -3.04. The third kappa shape index (κ3) is 5.17. The topological polar surface area (TPSA) is 63.6 Å². The normalized spacial score (nSPS) is 13.7. The molecule has 0 aliphatic heterocycles. The first-order chi connectivity index (χ1) is 10.9. The average molecular weight is 360 g/mol. The molecule has 1 aromatic rings. The molecule has 1 rings (SSSR count). The van der Waals surface area contributed by atoms with Crippen molar-refractivity contribution in [3.8, 4) is 5.75 Å². The van der Waals surface area contributed by atoms with Crippen molar-refractivity contribution in [3.63, 3.8) is 0 Å². The van der Waals surface area contributed by atoms with Gasteiger partial charge in [0.25, 0.3) is 10.1 Å². The lowest BCUT2D eigenvalue weighted by molar-refractivity contribution is -0.188. The average Bonchev–Trinajstić information content (AvgIpc) is 2.44. The lowest BCUT2D eigenvalue weighted by atomic mass is 9.82. The van der Waals surface area contributed by atoms with E-state index in [0.717, 1.165) is 6.07 Å². The Labute approximate surface area is 140 Å². The lowest BCUT2D eigenvalue weighted by Gasteiger charge is -2.24. The van der Waals surface area contributed by atoms with Gasteiger partial charge in [-0.15, -0.1) is 0 Å². The minimum Gasteiger partial charge on any atom is -0.479 e. The van der Waals surface area contributed by atoms with Crippen molar-refractivity contribution < 1.29 is 35.3 Å². The second-order valence-electron chi connectivity index (χ2n) is 4.81. The number of ether oxygens (including phenoxy) is 1. The van der Waals surface area contributed by atoms with Crippen LogP contribution in [0.2, 0.25) is 0 Å². The van der Waals surface area contributed by atoms with Crippen molar-refractivity contribution in [1.82, 2.24) is 0 Å². The number of hydrogen-bond donors (Lipinski definition) is 1. The predicted molar refractivity (Wildman–Crippen MR) is 81.7 cm³/mol. The molecule has 0 fully saturated rings. The van der Waals surface area contributed by atoms with Gasteiger partial charge in [-0.1, -0.05) is 19.0 Å². The minimum atomic E-state index is -5.11. The van der Waals surface area contributed by atoms with Crippen LogP contribution in [0.1, 0.15) is 16.7 Å². The van der Waals surface area contributed by atoms with Crippen molar-refractivity contribution in [2.75, 3.05) is 5.75 Å². The Morgan fingerprint density at radius 3 is 2.04 bits per heavy atom. The van der Waals surface area contributed by atoms with Gasteiger partial charge in [-0.25, -0.2) is 4.39 Å². The predicted octanol–water partition coefficient (Wildman–Crippen LogP) is 1.03. The molecule has 1 aromatic carbocycles. The number of benzene rings is 1. The molecule has 0 aliphatic carbocycles. The van der Waals surface area contributed by atoms with Crippen LogP contribution in [0.5, 0.6) is 5.75 Å². The minimum absolute atomic E-state index is 0.142. The molecule has 4 nitrogen and oxygen atoms in total. The van der Waals surface area contributed by atoms with E-state index in [-0.39, 0.29) is 29.3 Å². The molecule has 1 atom stereocenters. The van der Waals surface area contributed by atoms with E-state index in [2.05, 4.69) is 0 Å². The maximum absolute atomic E-state index is 14.1. The van der Waals surface area contributed by atoms with Crippen LogP contribution in [0.3, 0.4) is 0 Å². The summed E-state index contributed by atoms with van der Waals surface area (Å²) in [4.78, 5) is 0. The first-order valence-electron chi connectivity index (χ1n) is 6.56. The van der Waals surface area contributed by atoms with E-state index in [9.17, 15) is 26.0 Å². The van der Waals surface area contributed by atoms with Crippen molar-refractivity contribution in [3.05, 3.63) is 28.6 Å². The highest BCUT2D eigenvalue weighted by molar-refractivity contribution is 7.85. The molecule has 6 radical (unpaired) electrons. The van der Waals surface area contributed by atoms with E-state index in [4.69, 9.17) is 32.8 Å². The summed E-state index contributed by atoms with van der Waals surface area (Å²) in [6.07, 6.45) is -9.12. The summed E-state index contributed by atoms with van der Waals surface area (Å²) >= 11 is 0. The van der Waals surface area contributed by atoms with Crippen LogP contribution < -0.4 is 4.74 Å². The smallest absolute Gasteiger partial charge is 0.426 e. The van der Waals surface area contributed by atoms with Gasteiger partial charge in [0.2, 0.25) is 6.10 Å². The lowest BCUT2D eigenvalue weighted by Crippen LogP contribution is -2.40. The van der Waals surface area contributed by atoms with Crippen molar-refractivity contribution in [2.45, 2.75) is 31.2 Å². The third-order valence-electron chi connectivity index (χ3n) is 3.14. The molecule has 0 heterocycles. The van der Waals surface area contributed by atoms with Gasteiger partial charge >= 0.3 is 6.18 Å². The highest BCUT2D eigenvalue weighted by atomic mass is 32.2. The molecule has 0 aromatic heterocycles. The monoisotopic (exact) mass is 360 g/mol. The van der Waals surface area contributed by atoms with Gasteiger partial charge < -0.3 is 4.74 Å². The van der Waals surface area contributed by atoms with E-state index >= 15 is 0 Å². The fourth-order valence-electron chi connectivity index (χ4n) is 2.01. The van der Waals surface area contributed by atoms with Gasteiger partial charge in [0.05, 0.1) is 23.5 Å². The van der Waals surface area contributed by atoms with E-state index < -0.39 is 46.0 Å². The molecule has 12 heteroatoms. The van der Waals surface area contributed by atoms with Crippen molar-refractivity contribution >= 4 is 33.7 Å². The van der Waals surface area contributed by atoms with Crippen LogP contribution in [0.25, 0.3) is 0 Å². The highest BCUT2D eigenvalue weighted by Gasteiger charge is 2.45. The zero-order valence-electron chi connectivity index (χ0n) is 12.3. The molecule has 0 amide bonds. The Bertz CT molecular complexity index is 695. The van der Waals surface area contributed by atoms with Gasteiger partial charge in [-0.2, -0.15) is 21.6 Å². The number of hydrogen-bond acceptors (Lipinski definition) is 3. The summed E-state index contributed by atoms with van der Waals surface area (Å²) in [5, 5.41) is 0. The maximum atomic E-state index is 14.1. The summed E-state index contributed by atoms with van der Waals surface area (Å²) in [6.45, 7) is 0. The van der Waals surface area contributed by atoms with E-state index in [0.29, 0.717) is 0 Å². The second-order valence-corrected chi connectivity index (χ2v) is 6.31. The molecule has 0 saturated carbocycles. The van der Waals surface area contributed by atoms with Crippen LogP contribution in [0.4, 0.5) is 17.6 Å². The number of halogens is 4. The molecule has 1 N–H and O–H groups in total. The first kappa shape index (κ1) is 20.9.